The number of nitriles is 1. The molecule has 7 rings (SSSR count). The molecule has 0 amide bonds. The van der Waals surface area contributed by atoms with Gasteiger partial charge in [0, 0.05) is 28.2 Å². The van der Waals surface area contributed by atoms with Crippen molar-refractivity contribution in [1.82, 2.24) is 8.75 Å². The number of hydrogen-bond acceptors (Lipinski definition) is 6. The first-order valence-corrected chi connectivity index (χ1v) is 15.6. The first kappa shape index (κ1) is 29.4. The lowest BCUT2D eigenvalue weighted by Crippen LogP contribution is -2.09. The second-order valence-electron chi connectivity index (χ2n) is 10.8. The van der Waals surface area contributed by atoms with E-state index in [4.69, 9.17) is 0 Å². The lowest BCUT2D eigenvalue weighted by Gasteiger charge is -2.25. The summed E-state index contributed by atoms with van der Waals surface area (Å²) in [6, 6.07) is 51.6. The summed E-state index contributed by atoms with van der Waals surface area (Å²) < 4.78 is 8.84. The van der Waals surface area contributed by atoms with Crippen molar-refractivity contribution in [1.29, 1.82) is 5.26 Å². The summed E-state index contributed by atoms with van der Waals surface area (Å²) in [5, 5.41) is 18.4. The van der Waals surface area contributed by atoms with Crippen molar-refractivity contribution < 1.29 is 9.90 Å². The van der Waals surface area contributed by atoms with Crippen molar-refractivity contribution in [2.75, 3.05) is 4.90 Å². The SMILES string of the molecule is N#C/C(=C\c1ccc(-c2ccc(-c3ccc(-c4ccc(N(c5ccccc5)c5ccccc5)cc4)cc3)cc2)c2nsnc12)C(=O)O. The van der Waals surface area contributed by atoms with Crippen LogP contribution < -0.4 is 4.90 Å². The van der Waals surface area contributed by atoms with Crippen LogP contribution in [0.2, 0.25) is 0 Å². The first-order valence-electron chi connectivity index (χ1n) is 14.9. The minimum absolute atomic E-state index is 0.350. The Hall–Kier alpha value is -6.36. The molecule has 6 aromatic carbocycles. The lowest BCUT2D eigenvalue weighted by atomic mass is 9.96. The molecular formula is C40H26N4O2S. The third kappa shape index (κ3) is 6.01. The summed E-state index contributed by atoms with van der Waals surface area (Å²) >= 11 is 1.06. The van der Waals surface area contributed by atoms with Crippen LogP contribution in [-0.2, 0) is 4.79 Å². The van der Waals surface area contributed by atoms with Crippen LogP contribution in [0.4, 0.5) is 17.1 Å². The second-order valence-corrected chi connectivity index (χ2v) is 11.4. The van der Waals surface area contributed by atoms with E-state index in [2.05, 4.69) is 135 Å². The molecule has 7 aromatic rings. The van der Waals surface area contributed by atoms with Gasteiger partial charge in [-0.15, -0.1) is 0 Å². The van der Waals surface area contributed by atoms with Gasteiger partial charge in [0.15, 0.2) is 0 Å². The molecule has 0 atom stereocenters. The number of anilines is 3. The van der Waals surface area contributed by atoms with Gasteiger partial charge in [-0.05, 0) is 70.3 Å². The predicted octanol–water partition coefficient (Wildman–Crippen LogP) is 10.2. The molecule has 7 heteroatoms. The predicted molar refractivity (Wildman–Crippen MR) is 190 cm³/mol. The number of aliphatic carboxylic acids is 1. The fourth-order valence-electron chi connectivity index (χ4n) is 5.63. The standard InChI is InChI=1S/C40H26N4O2S/c41-26-33(40(45)46)25-32-21-24-37(39-38(32)42-47-43-39)31-17-15-29(16-18-31)27-11-13-28(14-12-27)30-19-22-36(23-20-30)44(34-7-3-1-4-8-34)35-9-5-2-6-10-35/h1-25H,(H,45,46)/b33-25+. The Kier molecular flexibility index (Phi) is 8.08. The van der Waals surface area contributed by atoms with E-state index in [-0.39, 0.29) is 5.57 Å². The van der Waals surface area contributed by atoms with Crippen LogP contribution in [0.15, 0.2) is 151 Å². The van der Waals surface area contributed by atoms with E-state index < -0.39 is 5.97 Å². The van der Waals surface area contributed by atoms with Gasteiger partial charge in [-0.1, -0.05) is 109 Å². The maximum absolute atomic E-state index is 11.3. The fourth-order valence-corrected chi connectivity index (χ4v) is 6.21. The summed E-state index contributed by atoms with van der Waals surface area (Å²) in [5.74, 6) is -1.27. The van der Waals surface area contributed by atoms with Gasteiger partial charge in [0.25, 0.3) is 0 Å². The van der Waals surface area contributed by atoms with Crippen molar-refractivity contribution in [3.8, 4) is 39.4 Å². The smallest absolute Gasteiger partial charge is 0.346 e. The molecule has 0 saturated carbocycles. The number of hydrogen-bond donors (Lipinski definition) is 1. The van der Waals surface area contributed by atoms with E-state index in [9.17, 15) is 15.2 Å². The van der Waals surface area contributed by atoms with E-state index in [1.54, 1.807) is 12.1 Å². The maximum Gasteiger partial charge on any atom is 0.346 e. The van der Waals surface area contributed by atoms with E-state index in [1.165, 1.54) is 6.08 Å². The number of carboxylic acids is 1. The summed E-state index contributed by atoms with van der Waals surface area (Å²) in [6.45, 7) is 0. The lowest BCUT2D eigenvalue weighted by molar-refractivity contribution is -0.132. The van der Waals surface area contributed by atoms with E-state index >= 15 is 0 Å². The number of para-hydroxylation sites is 2. The Morgan fingerprint density at radius 3 is 1.53 bits per heavy atom. The van der Waals surface area contributed by atoms with E-state index in [0.717, 1.165) is 62.2 Å². The Bertz CT molecular complexity index is 2220. The molecule has 0 aliphatic rings. The monoisotopic (exact) mass is 626 g/mol. The average Bonchev–Trinajstić information content (AvgIpc) is 3.63. The van der Waals surface area contributed by atoms with Crippen LogP contribution in [0.5, 0.6) is 0 Å². The topological polar surface area (TPSA) is 90.1 Å². The number of carbonyl (C=O) groups is 1. The molecule has 0 spiro atoms. The van der Waals surface area contributed by atoms with E-state index in [0.29, 0.717) is 16.6 Å². The summed E-state index contributed by atoms with van der Waals surface area (Å²) in [4.78, 5) is 13.6. The van der Waals surface area contributed by atoms with Crippen LogP contribution in [0.25, 0.3) is 50.5 Å². The molecule has 224 valence electrons. The number of rotatable bonds is 8. The summed E-state index contributed by atoms with van der Waals surface area (Å²) in [7, 11) is 0. The minimum Gasteiger partial charge on any atom is -0.477 e. The third-order valence-electron chi connectivity index (χ3n) is 8.00. The van der Waals surface area contributed by atoms with Gasteiger partial charge in [-0.25, -0.2) is 4.79 Å². The molecule has 1 N–H and O–H groups in total. The van der Waals surface area contributed by atoms with Crippen LogP contribution >= 0.6 is 11.7 Å². The maximum atomic E-state index is 11.3. The van der Waals surface area contributed by atoms with Crippen molar-refractivity contribution in [2.24, 2.45) is 0 Å². The molecule has 1 heterocycles. The van der Waals surface area contributed by atoms with Crippen LogP contribution in [0.1, 0.15) is 5.56 Å². The molecule has 0 saturated heterocycles. The Morgan fingerprint density at radius 1 is 0.596 bits per heavy atom. The number of aromatic nitrogens is 2. The van der Waals surface area contributed by atoms with Gasteiger partial charge in [-0.3, -0.25) is 0 Å². The highest BCUT2D eigenvalue weighted by molar-refractivity contribution is 7.00. The van der Waals surface area contributed by atoms with E-state index in [1.807, 2.05) is 18.2 Å². The number of carboxylic acid groups (broad SMARTS) is 1. The quantitative estimate of drug-likeness (QED) is 0.133. The molecule has 6 nitrogen and oxygen atoms in total. The molecule has 0 unspecified atom stereocenters. The van der Waals surface area contributed by atoms with Crippen molar-refractivity contribution in [3.63, 3.8) is 0 Å². The van der Waals surface area contributed by atoms with Crippen molar-refractivity contribution in [2.45, 2.75) is 0 Å². The average molecular weight is 627 g/mol. The van der Waals surface area contributed by atoms with Crippen LogP contribution in [-0.4, -0.2) is 19.8 Å². The van der Waals surface area contributed by atoms with Crippen molar-refractivity contribution >= 4 is 51.9 Å². The molecule has 0 aliphatic heterocycles. The zero-order valence-corrected chi connectivity index (χ0v) is 25.8. The zero-order chi connectivity index (χ0) is 32.2. The molecule has 47 heavy (non-hydrogen) atoms. The Morgan fingerprint density at radius 2 is 1.04 bits per heavy atom. The number of nitrogens with zero attached hydrogens (tertiary/aromatic N) is 4. The first-order chi connectivity index (χ1) is 23.1. The highest BCUT2D eigenvalue weighted by atomic mass is 32.1. The third-order valence-corrected chi connectivity index (χ3v) is 8.53. The fraction of sp³-hybridized carbons (Fsp3) is 0. The van der Waals surface area contributed by atoms with Gasteiger partial charge in [0.2, 0.25) is 0 Å². The van der Waals surface area contributed by atoms with Crippen LogP contribution in [0, 0.1) is 11.3 Å². The van der Waals surface area contributed by atoms with Gasteiger partial charge in [-0.2, -0.15) is 14.0 Å². The normalized spacial score (nSPS) is 11.3. The summed E-state index contributed by atoms with van der Waals surface area (Å²) in [6.07, 6.45) is 1.33. The van der Waals surface area contributed by atoms with Crippen molar-refractivity contribution in [3.05, 3.63) is 157 Å². The molecule has 0 radical (unpaired) electrons. The highest BCUT2D eigenvalue weighted by Gasteiger charge is 2.15. The molecular weight excluding hydrogens is 601 g/mol. The molecule has 0 aliphatic carbocycles. The number of fused-ring (bicyclic) bond motifs is 1. The Balaban J connectivity index is 1.11. The second kappa shape index (κ2) is 12.9. The van der Waals surface area contributed by atoms with Gasteiger partial charge in [0.1, 0.15) is 22.7 Å². The zero-order valence-electron chi connectivity index (χ0n) is 25.0. The molecule has 0 bridgehead atoms. The molecule has 1 aromatic heterocycles. The molecule has 0 fully saturated rings. The van der Waals surface area contributed by atoms with Gasteiger partial charge < -0.3 is 10.0 Å². The largest absolute Gasteiger partial charge is 0.477 e. The van der Waals surface area contributed by atoms with Gasteiger partial charge in [0.05, 0.1) is 11.7 Å². The van der Waals surface area contributed by atoms with Crippen LogP contribution in [0.3, 0.4) is 0 Å². The minimum atomic E-state index is -1.27. The number of benzene rings is 6. The summed E-state index contributed by atoms with van der Waals surface area (Å²) in [5.41, 5.74) is 11.1. The highest BCUT2D eigenvalue weighted by Crippen LogP contribution is 2.36. The van der Waals surface area contributed by atoms with Gasteiger partial charge >= 0.3 is 5.97 Å². The Labute approximate surface area is 276 Å².